The molecule has 0 heterocycles. The summed E-state index contributed by atoms with van der Waals surface area (Å²) in [5.41, 5.74) is 8.36. The van der Waals surface area contributed by atoms with Crippen LogP contribution in [0, 0.1) is 0 Å². The van der Waals surface area contributed by atoms with Crippen LogP contribution in [-0.4, -0.2) is 0 Å². The standard InChI is InChI=1S/C14H12BrCl2N/c15-12-8-10(4-5-13(12)17)14(18)7-9-2-1-3-11(16)6-9/h1-6,8,14H,7,18H2. The van der Waals surface area contributed by atoms with Crippen molar-refractivity contribution >= 4 is 39.1 Å². The van der Waals surface area contributed by atoms with E-state index in [0.29, 0.717) is 5.02 Å². The molecule has 2 rings (SSSR count). The second-order valence-corrected chi connectivity index (χ2v) is 5.81. The first-order chi connectivity index (χ1) is 8.56. The number of halogens is 3. The monoisotopic (exact) mass is 343 g/mol. The Bertz CT molecular complexity index is 557. The van der Waals surface area contributed by atoms with Crippen molar-refractivity contribution in [1.29, 1.82) is 0 Å². The molecule has 2 N–H and O–H groups in total. The molecule has 1 atom stereocenters. The van der Waals surface area contributed by atoms with Crippen LogP contribution < -0.4 is 5.73 Å². The van der Waals surface area contributed by atoms with Crippen molar-refractivity contribution in [2.45, 2.75) is 12.5 Å². The van der Waals surface area contributed by atoms with Gasteiger partial charge in [0, 0.05) is 15.5 Å². The molecule has 1 nitrogen and oxygen atoms in total. The summed E-state index contributed by atoms with van der Waals surface area (Å²) in [5.74, 6) is 0. The minimum atomic E-state index is -0.0722. The van der Waals surface area contributed by atoms with Gasteiger partial charge in [0.25, 0.3) is 0 Å². The van der Waals surface area contributed by atoms with Gasteiger partial charge in [-0.05, 0) is 57.7 Å². The van der Waals surface area contributed by atoms with Gasteiger partial charge in [0.05, 0.1) is 5.02 Å². The van der Waals surface area contributed by atoms with E-state index in [1.54, 1.807) is 0 Å². The van der Waals surface area contributed by atoms with Gasteiger partial charge in [-0.2, -0.15) is 0 Å². The van der Waals surface area contributed by atoms with Crippen molar-refractivity contribution in [3.8, 4) is 0 Å². The van der Waals surface area contributed by atoms with E-state index in [1.165, 1.54) is 0 Å². The molecule has 2 aromatic rings. The third-order valence-corrected chi connectivity index (χ3v) is 4.17. The normalized spacial score (nSPS) is 12.4. The minimum absolute atomic E-state index is 0.0722. The zero-order valence-corrected chi connectivity index (χ0v) is 12.6. The topological polar surface area (TPSA) is 26.0 Å². The van der Waals surface area contributed by atoms with E-state index >= 15 is 0 Å². The van der Waals surface area contributed by atoms with Crippen molar-refractivity contribution in [1.82, 2.24) is 0 Å². The number of hydrogen-bond acceptors (Lipinski definition) is 1. The molecule has 1 unspecified atom stereocenters. The van der Waals surface area contributed by atoms with Crippen LogP contribution in [0.4, 0.5) is 0 Å². The Kier molecular flexibility index (Phi) is 4.68. The van der Waals surface area contributed by atoms with Crippen LogP contribution in [0.3, 0.4) is 0 Å². The van der Waals surface area contributed by atoms with E-state index in [1.807, 2.05) is 42.5 Å². The summed E-state index contributed by atoms with van der Waals surface area (Å²) in [4.78, 5) is 0. The van der Waals surface area contributed by atoms with Gasteiger partial charge < -0.3 is 5.73 Å². The first-order valence-corrected chi connectivity index (χ1v) is 7.06. The summed E-state index contributed by atoms with van der Waals surface area (Å²) < 4.78 is 0.864. The molecule has 0 aliphatic carbocycles. The molecule has 0 fully saturated rings. The zero-order valence-electron chi connectivity index (χ0n) is 9.54. The fourth-order valence-electron chi connectivity index (χ4n) is 1.78. The fourth-order valence-corrected chi connectivity index (χ4v) is 2.51. The molecule has 0 saturated heterocycles. The summed E-state index contributed by atoms with van der Waals surface area (Å²) in [7, 11) is 0. The maximum Gasteiger partial charge on any atom is 0.0548 e. The highest BCUT2D eigenvalue weighted by atomic mass is 79.9. The summed E-state index contributed by atoms with van der Waals surface area (Å²) in [5, 5.41) is 1.42. The van der Waals surface area contributed by atoms with Crippen LogP contribution >= 0.6 is 39.1 Å². The first kappa shape index (κ1) is 13.9. The smallest absolute Gasteiger partial charge is 0.0548 e. The third-order valence-electron chi connectivity index (χ3n) is 2.72. The van der Waals surface area contributed by atoms with Crippen molar-refractivity contribution in [2.24, 2.45) is 5.73 Å². The van der Waals surface area contributed by atoms with Crippen molar-refractivity contribution in [3.05, 3.63) is 68.1 Å². The molecule has 0 radical (unpaired) electrons. The third kappa shape index (κ3) is 3.48. The summed E-state index contributed by atoms with van der Waals surface area (Å²) in [6.45, 7) is 0. The predicted molar refractivity (Wildman–Crippen MR) is 81.2 cm³/mol. The molecular weight excluding hydrogens is 333 g/mol. The minimum Gasteiger partial charge on any atom is -0.324 e. The average Bonchev–Trinajstić information content (AvgIpc) is 2.32. The van der Waals surface area contributed by atoms with Gasteiger partial charge in [-0.1, -0.05) is 41.4 Å². The molecule has 0 aliphatic rings. The zero-order chi connectivity index (χ0) is 13.1. The van der Waals surface area contributed by atoms with Gasteiger partial charge in [0.15, 0.2) is 0 Å². The summed E-state index contributed by atoms with van der Waals surface area (Å²) in [6, 6.07) is 13.4. The second-order valence-electron chi connectivity index (χ2n) is 4.11. The largest absolute Gasteiger partial charge is 0.324 e. The maximum absolute atomic E-state index is 6.19. The highest BCUT2D eigenvalue weighted by Crippen LogP contribution is 2.27. The molecule has 4 heteroatoms. The molecular formula is C14H12BrCl2N. The van der Waals surface area contributed by atoms with Crippen LogP contribution in [0.25, 0.3) is 0 Å². The molecule has 0 amide bonds. The van der Waals surface area contributed by atoms with Crippen LogP contribution in [0.15, 0.2) is 46.9 Å². The van der Waals surface area contributed by atoms with E-state index in [-0.39, 0.29) is 6.04 Å². The summed E-state index contributed by atoms with van der Waals surface area (Å²) >= 11 is 15.3. The Morgan fingerprint density at radius 3 is 2.56 bits per heavy atom. The lowest BCUT2D eigenvalue weighted by Gasteiger charge is -2.13. The Labute approximate surface area is 125 Å². The highest BCUT2D eigenvalue weighted by molar-refractivity contribution is 9.10. The molecule has 0 aromatic heterocycles. The van der Waals surface area contributed by atoms with Crippen LogP contribution in [-0.2, 0) is 6.42 Å². The lowest BCUT2D eigenvalue weighted by atomic mass is 10.00. The molecule has 0 spiro atoms. The van der Waals surface area contributed by atoms with E-state index in [2.05, 4.69) is 15.9 Å². The van der Waals surface area contributed by atoms with Crippen LogP contribution in [0.1, 0.15) is 17.2 Å². The molecule has 18 heavy (non-hydrogen) atoms. The summed E-state index contributed by atoms with van der Waals surface area (Å²) in [6.07, 6.45) is 0.745. The van der Waals surface area contributed by atoms with Crippen molar-refractivity contribution in [3.63, 3.8) is 0 Å². The van der Waals surface area contributed by atoms with E-state index in [9.17, 15) is 0 Å². The van der Waals surface area contributed by atoms with Crippen molar-refractivity contribution in [2.75, 3.05) is 0 Å². The molecule has 0 aliphatic heterocycles. The SMILES string of the molecule is NC(Cc1cccc(Cl)c1)c1ccc(Cl)c(Br)c1. The van der Waals surface area contributed by atoms with Gasteiger partial charge >= 0.3 is 0 Å². The average molecular weight is 345 g/mol. The number of benzene rings is 2. The Hall–Kier alpha value is -0.540. The predicted octanol–water partition coefficient (Wildman–Crippen LogP) is 5.00. The van der Waals surface area contributed by atoms with Gasteiger partial charge in [0.2, 0.25) is 0 Å². The number of rotatable bonds is 3. The fraction of sp³-hybridized carbons (Fsp3) is 0.143. The lowest BCUT2D eigenvalue weighted by molar-refractivity contribution is 0.721. The second kappa shape index (κ2) is 6.07. The maximum atomic E-state index is 6.19. The molecule has 0 saturated carbocycles. The quantitative estimate of drug-likeness (QED) is 0.833. The van der Waals surface area contributed by atoms with Crippen LogP contribution in [0.2, 0.25) is 10.0 Å². The van der Waals surface area contributed by atoms with E-state index in [0.717, 1.165) is 27.0 Å². The molecule has 2 aromatic carbocycles. The molecule has 0 bridgehead atoms. The number of nitrogens with two attached hydrogens (primary N) is 1. The van der Waals surface area contributed by atoms with Crippen molar-refractivity contribution < 1.29 is 0 Å². The lowest BCUT2D eigenvalue weighted by Crippen LogP contribution is -2.13. The Morgan fingerprint density at radius 1 is 1.11 bits per heavy atom. The van der Waals surface area contributed by atoms with E-state index in [4.69, 9.17) is 28.9 Å². The number of hydrogen-bond donors (Lipinski definition) is 1. The molecule has 94 valence electrons. The van der Waals surface area contributed by atoms with Gasteiger partial charge in [-0.25, -0.2) is 0 Å². The van der Waals surface area contributed by atoms with Crippen LogP contribution in [0.5, 0.6) is 0 Å². The van der Waals surface area contributed by atoms with Gasteiger partial charge in [-0.15, -0.1) is 0 Å². The van der Waals surface area contributed by atoms with E-state index < -0.39 is 0 Å². The Balaban J connectivity index is 2.16. The van der Waals surface area contributed by atoms with Gasteiger partial charge in [-0.3, -0.25) is 0 Å². The first-order valence-electron chi connectivity index (χ1n) is 5.51. The highest BCUT2D eigenvalue weighted by Gasteiger charge is 2.09. The Morgan fingerprint density at radius 2 is 1.89 bits per heavy atom. The van der Waals surface area contributed by atoms with Gasteiger partial charge in [0.1, 0.15) is 0 Å².